The summed E-state index contributed by atoms with van der Waals surface area (Å²) in [6.07, 6.45) is 3.75. The maximum Gasteiger partial charge on any atom is 0.323 e. The highest BCUT2D eigenvalue weighted by molar-refractivity contribution is 6.02. The van der Waals surface area contributed by atoms with Gasteiger partial charge in [0.05, 0.1) is 17.8 Å². The molecular weight excluding hydrogens is 376 g/mol. The number of hydrogen-bond donors (Lipinski definition) is 2. The highest BCUT2D eigenvalue weighted by Crippen LogP contribution is 2.27. The Bertz CT molecular complexity index is 1040. The van der Waals surface area contributed by atoms with E-state index in [9.17, 15) is 4.79 Å². The van der Waals surface area contributed by atoms with Gasteiger partial charge in [-0.25, -0.2) is 9.78 Å². The van der Waals surface area contributed by atoms with Crippen molar-refractivity contribution in [3.8, 4) is 5.75 Å². The zero-order valence-electron chi connectivity index (χ0n) is 17.6. The molecule has 1 aromatic heterocycles. The Morgan fingerprint density at radius 2 is 1.87 bits per heavy atom. The quantitative estimate of drug-likeness (QED) is 0.583. The normalized spacial score (nSPS) is 13.9. The van der Waals surface area contributed by atoms with Crippen LogP contribution in [0.3, 0.4) is 0 Å². The summed E-state index contributed by atoms with van der Waals surface area (Å²) in [5, 5.41) is 6.82. The van der Waals surface area contributed by atoms with Crippen LogP contribution in [-0.4, -0.2) is 30.7 Å². The maximum absolute atomic E-state index is 12.5. The summed E-state index contributed by atoms with van der Waals surface area (Å²) in [5.41, 5.74) is 3.47. The molecule has 0 atom stereocenters. The summed E-state index contributed by atoms with van der Waals surface area (Å²) in [6.45, 7) is 6.69. The average molecular weight is 405 g/mol. The van der Waals surface area contributed by atoms with Crippen molar-refractivity contribution in [2.24, 2.45) is 0 Å². The number of anilines is 3. The Kier molecular flexibility index (Phi) is 6.02. The Balaban J connectivity index is 1.51. The molecule has 1 fully saturated rings. The number of urea groups is 1. The number of para-hydroxylation sites is 2. The number of rotatable bonds is 5. The molecule has 6 heteroatoms. The number of carbonyl (C=O) groups excluding carboxylic acids is 1. The lowest BCUT2D eigenvalue weighted by molar-refractivity contribution is 0.262. The molecule has 0 aliphatic carbocycles. The summed E-state index contributed by atoms with van der Waals surface area (Å²) in [6, 6.07) is 15.1. The minimum Gasteiger partial charge on any atom is -0.492 e. The van der Waals surface area contributed by atoms with E-state index in [0.29, 0.717) is 18.0 Å². The fraction of sp³-hybridized carbons (Fsp3) is 0.333. The zero-order chi connectivity index (χ0) is 20.9. The van der Waals surface area contributed by atoms with Crippen molar-refractivity contribution in [3.63, 3.8) is 0 Å². The van der Waals surface area contributed by atoms with Gasteiger partial charge in [0.15, 0.2) is 0 Å². The van der Waals surface area contributed by atoms with E-state index in [-0.39, 0.29) is 6.03 Å². The highest BCUT2D eigenvalue weighted by Gasteiger charge is 2.14. The number of benzene rings is 2. The van der Waals surface area contributed by atoms with E-state index in [4.69, 9.17) is 9.72 Å². The van der Waals surface area contributed by atoms with Crippen LogP contribution in [0.4, 0.5) is 22.0 Å². The molecule has 1 aliphatic rings. The first-order valence-electron chi connectivity index (χ1n) is 10.6. The molecule has 30 heavy (non-hydrogen) atoms. The first-order valence-corrected chi connectivity index (χ1v) is 10.6. The molecule has 0 spiro atoms. The topological polar surface area (TPSA) is 66.5 Å². The van der Waals surface area contributed by atoms with Crippen LogP contribution >= 0.6 is 0 Å². The number of hydrogen-bond acceptors (Lipinski definition) is 4. The van der Waals surface area contributed by atoms with Crippen molar-refractivity contribution in [3.05, 3.63) is 54.1 Å². The molecule has 2 aromatic carbocycles. The number of carbonyl (C=O) groups is 1. The molecule has 0 saturated carbocycles. The monoisotopic (exact) mass is 404 g/mol. The summed E-state index contributed by atoms with van der Waals surface area (Å²) >= 11 is 0. The zero-order valence-corrected chi connectivity index (χ0v) is 17.6. The van der Waals surface area contributed by atoms with Crippen LogP contribution in [0, 0.1) is 6.92 Å². The van der Waals surface area contributed by atoms with Gasteiger partial charge in [0, 0.05) is 24.2 Å². The molecule has 3 aromatic rings. The van der Waals surface area contributed by atoms with Gasteiger partial charge >= 0.3 is 6.03 Å². The van der Waals surface area contributed by atoms with E-state index < -0.39 is 0 Å². The van der Waals surface area contributed by atoms with E-state index >= 15 is 0 Å². The van der Waals surface area contributed by atoms with Crippen molar-refractivity contribution in [2.75, 3.05) is 35.2 Å². The second-order valence-electron chi connectivity index (χ2n) is 7.59. The standard InChI is InChI=1S/C24H28N4O2/c1-3-30-22-10-6-5-9-21(22)27-24(29)25-18-11-12-20-19(16-18)17(2)15-23(26-20)28-13-7-4-8-14-28/h5-6,9-12,15-16H,3-4,7-8,13-14H2,1-2H3,(H2,25,27,29). The third-order valence-corrected chi connectivity index (χ3v) is 5.38. The number of amides is 2. The van der Waals surface area contributed by atoms with Gasteiger partial charge in [-0.05, 0) is 75.1 Å². The molecule has 0 radical (unpaired) electrons. The number of ether oxygens (including phenoxy) is 1. The number of pyridine rings is 1. The van der Waals surface area contributed by atoms with Crippen LogP contribution < -0.4 is 20.3 Å². The van der Waals surface area contributed by atoms with Gasteiger partial charge in [-0.2, -0.15) is 0 Å². The predicted octanol–water partition coefficient (Wildman–Crippen LogP) is 5.58. The smallest absolute Gasteiger partial charge is 0.323 e. The largest absolute Gasteiger partial charge is 0.492 e. The van der Waals surface area contributed by atoms with Gasteiger partial charge in [-0.1, -0.05) is 12.1 Å². The molecule has 2 N–H and O–H groups in total. The number of fused-ring (bicyclic) bond motifs is 1. The third kappa shape index (κ3) is 4.48. The fourth-order valence-electron chi connectivity index (χ4n) is 3.88. The highest BCUT2D eigenvalue weighted by atomic mass is 16.5. The van der Waals surface area contributed by atoms with Gasteiger partial charge < -0.3 is 20.3 Å². The van der Waals surface area contributed by atoms with Crippen molar-refractivity contribution in [1.29, 1.82) is 0 Å². The van der Waals surface area contributed by atoms with Gasteiger partial charge in [-0.15, -0.1) is 0 Å². The number of nitrogens with one attached hydrogen (secondary N) is 2. The van der Waals surface area contributed by atoms with Crippen LogP contribution in [0.1, 0.15) is 31.7 Å². The maximum atomic E-state index is 12.5. The van der Waals surface area contributed by atoms with Crippen LogP contribution in [0.5, 0.6) is 5.75 Å². The average Bonchev–Trinajstić information content (AvgIpc) is 2.76. The van der Waals surface area contributed by atoms with Gasteiger partial charge in [0.25, 0.3) is 0 Å². The minimum atomic E-state index is -0.308. The first-order chi connectivity index (χ1) is 14.6. The Hall–Kier alpha value is -3.28. The lowest BCUT2D eigenvalue weighted by Gasteiger charge is -2.28. The lowest BCUT2D eigenvalue weighted by Crippen LogP contribution is -2.30. The summed E-state index contributed by atoms with van der Waals surface area (Å²) in [7, 11) is 0. The van der Waals surface area contributed by atoms with Crippen molar-refractivity contribution in [2.45, 2.75) is 33.1 Å². The Morgan fingerprint density at radius 3 is 2.67 bits per heavy atom. The van der Waals surface area contributed by atoms with E-state index in [1.54, 1.807) is 0 Å². The second-order valence-corrected chi connectivity index (χ2v) is 7.59. The van der Waals surface area contributed by atoms with E-state index in [0.717, 1.165) is 41.1 Å². The summed E-state index contributed by atoms with van der Waals surface area (Å²) in [5.74, 6) is 1.70. The molecule has 4 rings (SSSR count). The first kappa shape index (κ1) is 20.0. The van der Waals surface area contributed by atoms with E-state index in [1.807, 2.05) is 49.4 Å². The van der Waals surface area contributed by atoms with Crippen LogP contribution in [0.25, 0.3) is 10.9 Å². The number of nitrogens with zero attached hydrogens (tertiary/aromatic N) is 2. The SMILES string of the molecule is CCOc1ccccc1NC(=O)Nc1ccc2nc(N3CCCCC3)cc(C)c2c1. The van der Waals surface area contributed by atoms with Crippen LogP contribution in [-0.2, 0) is 0 Å². The lowest BCUT2D eigenvalue weighted by atomic mass is 10.1. The molecule has 0 unspecified atom stereocenters. The molecule has 6 nitrogen and oxygen atoms in total. The number of aryl methyl sites for hydroxylation is 1. The van der Waals surface area contributed by atoms with Crippen LogP contribution in [0.2, 0.25) is 0 Å². The fourth-order valence-corrected chi connectivity index (χ4v) is 3.88. The summed E-state index contributed by atoms with van der Waals surface area (Å²) in [4.78, 5) is 19.7. The second kappa shape index (κ2) is 9.03. The number of piperidine rings is 1. The molecule has 2 heterocycles. The Morgan fingerprint density at radius 1 is 1.07 bits per heavy atom. The molecular formula is C24H28N4O2. The van der Waals surface area contributed by atoms with Crippen LogP contribution in [0.15, 0.2) is 48.5 Å². The van der Waals surface area contributed by atoms with Crippen molar-refractivity contribution >= 4 is 34.1 Å². The van der Waals surface area contributed by atoms with E-state index in [1.165, 1.54) is 19.3 Å². The predicted molar refractivity (Wildman–Crippen MR) is 123 cm³/mol. The molecule has 0 bridgehead atoms. The molecule has 1 saturated heterocycles. The van der Waals surface area contributed by atoms with Crippen molar-refractivity contribution in [1.82, 2.24) is 4.98 Å². The molecule has 2 amide bonds. The molecule has 1 aliphatic heterocycles. The van der Waals surface area contributed by atoms with Gasteiger partial charge in [-0.3, -0.25) is 0 Å². The minimum absolute atomic E-state index is 0.308. The number of aromatic nitrogens is 1. The van der Waals surface area contributed by atoms with Gasteiger partial charge in [0.2, 0.25) is 0 Å². The van der Waals surface area contributed by atoms with Crippen molar-refractivity contribution < 1.29 is 9.53 Å². The molecule has 156 valence electrons. The van der Waals surface area contributed by atoms with Gasteiger partial charge in [0.1, 0.15) is 11.6 Å². The Labute approximate surface area is 177 Å². The third-order valence-electron chi connectivity index (χ3n) is 5.38. The summed E-state index contributed by atoms with van der Waals surface area (Å²) < 4.78 is 5.57. The van der Waals surface area contributed by atoms with E-state index in [2.05, 4.69) is 28.5 Å².